The molecule has 6 heteroatoms. The molecule has 0 radical (unpaired) electrons. The first-order chi connectivity index (χ1) is 14.4. The number of amides is 2. The van der Waals surface area contributed by atoms with Crippen molar-refractivity contribution in [2.24, 2.45) is 0 Å². The van der Waals surface area contributed by atoms with E-state index in [2.05, 4.69) is 54.9 Å². The lowest BCUT2D eigenvalue weighted by molar-refractivity contribution is 0.251. The minimum atomic E-state index is -0.375. The number of pyridine rings is 1. The Morgan fingerprint density at radius 2 is 2.03 bits per heavy atom. The highest BCUT2D eigenvalue weighted by Crippen LogP contribution is 2.23. The van der Waals surface area contributed by atoms with Crippen molar-refractivity contribution in [1.29, 1.82) is 0 Å². The van der Waals surface area contributed by atoms with Crippen LogP contribution >= 0.6 is 0 Å². The van der Waals surface area contributed by atoms with E-state index in [-0.39, 0.29) is 6.03 Å². The standard InChI is InChI=1S/C24H38N4O2/c1-8-11-21-20(16-17(4)15-18(5)25-13-9-2)12-14-26-23(21)28-24(29)27-22(10-3)19(6)30-7/h10,12,14,18,25H,4,6,8-9,11,13,15-16H2,1-3,5,7H3,(H2,26,27,28,29)/b22-10+/t18-/m1/s1. The number of aromatic nitrogens is 1. The first kappa shape index (κ1) is 25.4. The molecule has 0 saturated heterocycles. The van der Waals surface area contributed by atoms with Crippen molar-refractivity contribution in [1.82, 2.24) is 15.6 Å². The Bertz CT molecular complexity index is 756. The van der Waals surface area contributed by atoms with E-state index in [0.717, 1.165) is 55.3 Å². The van der Waals surface area contributed by atoms with Crippen molar-refractivity contribution in [3.05, 3.63) is 59.7 Å². The summed E-state index contributed by atoms with van der Waals surface area (Å²) in [6.07, 6.45) is 8.06. The first-order valence-corrected chi connectivity index (χ1v) is 10.7. The van der Waals surface area contributed by atoms with Crippen molar-refractivity contribution < 1.29 is 9.53 Å². The van der Waals surface area contributed by atoms with Gasteiger partial charge >= 0.3 is 6.03 Å². The number of nitrogens with zero attached hydrogens (tertiary/aromatic N) is 1. The summed E-state index contributed by atoms with van der Waals surface area (Å²) >= 11 is 0. The van der Waals surface area contributed by atoms with Crippen LogP contribution in [0, 0.1) is 0 Å². The molecular formula is C24H38N4O2. The molecule has 166 valence electrons. The smallest absolute Gasteiger partial charge is 0.324 e. The van der Waals surface area contributed by atoms with Crippen LogP contribution in [0.1, 0.15) is 58.1 Å². The van der Waals surface area contributed by atoms with Gasteiger partial charge in [-0.25, -0.2) is 9.78 Å². The fourth-order valence-corrected chi connectivity index (χ4v) is 3.25. The van der Waals surface area contributed by atoms with Crippen LogP contribution in [0.4, 0.5) is 10.6 Å². The number of hydrogen-bond acceptors (Lipinski definition) is 4. The number of allylic oxidation sites excluding steroid dienone is 1. The summed E-state index contributed by atoms with van der Waals surface area (Å²) < 4.78 is 5.10. The molecule has 1 rings (SSSR count). The predicted octanol–water partition coefficient (Wildman–Crippen LogP) is 5.10. The molecule has 0 saturated carbocycles. The second-order valence-electron chi connectivity index (χ2n) is 7.44. The number of anilines is 1. The molecule has 1 aromatic heterocycles. The monoisotopic (exact) mass is 414 g/mol. The van der Waals surface area contributed by atoms with Crippen LogP contribution in [0.25, 0.3) is 0 Å². The van der Waals surface area contributed by atoms with E-state index in [1.54, 1.807) is 12.3 Å². The van der Waals surface area contributed by atoms with Gasteiger partial charge in [0.15, 0.2) is 0 Å². The normalized spacial score (nSPS) is 12.2. The summed E-state index contributed by atoms with van der Waals surface area (Å²) in [6, 6.07) is 2.04. The van der Waals surface area contributed by atoms with Crippen molar-refractivity contribution in [2.45, 2.75) is 65.8 Å². The highest BCUT2D eigenvalue weighted by atomic mass is 16.5. The van der Waals surface area contributed by atoms with E-state index in [0.29, 0.717) is 23.3 Å². The second kappa shape index (κ2) is 13.6. The summed E-state index contributed by atoms with van der Waals surface area (Å²) in [5.74, 6) is 0.973. The lowest BCUT2D eigenvalue weighted by atomic mass is 9.95. The Hall–Kier alpha value is -2.60. The summed E-state index contributed by atoms with van der Waals surface area (Å²) in [4.78, 5) is 16.9. The molecule has 2 amide bonds. The number of ether oxygens (including phenoxy) is 1. The lowest BCUT2D eigenvalue weighted by Crippen LogP contribution is -2.30. The highest BCUT2D eigenvalue weighted by Gasteiger charge is 2.15. The van der Waals surface area contributed by atoms with Gasteiger partial charge in [0.25, 0.3) is 0 Å². The van der Waals surface area contributed by atoms with Gasteiger partial charge in [-0.2, -0.15) is 0 Å². The second-order valence-corrected chi connectivity index (χ2v) is 7.44. The van der Waals surface area contributed by atoms with Crippen LogP contribution in [0.3, 0.4) is 0 Å². The molecule has 0 unspecified atom stereocenters. The average molecular weight is 415 g/mol. The van der Waals surface area contributed by atoms with E-state index in [1.807, 2.05) is 13.0 Å². The SMILES string of the molecule is C=C(Cc1ccnc(NC(=O)N/C(=C/C)C(=C)OC)c1CCC)C[C@@H](C)NCCC. The third kappa shape index (κ3) is 8.41. The third-order valence-corrected chi connectivity index (χ3v) is 4.75. The van der Waals surface area contributed by atoms with Crippen molar-refractivity contribution in [2.75, 3.05) is 19.0 Å². The van der Waals surface area contributed by atoms with Crippen LogP contribution in [0.15, 0.2) is 48.5 Å². The Kier molecular flexibility index (Phi) is 11.5. The molecule has 30 heavy (non-hydrogen) atoms. The molecule has 0 aliphatic rings. The molecule has 1 atom stereocenters. The molecule has 0 aromatic carbocycles. The maximum atomic E-state index is 12.5. The van der Waals surface area contributed by atoms with Crippen LogP contribution in [-0.2, 0) is 17.6 Å². The van der Waals surface area contributed by atoms with E-state index in [1.165, 1.54) is 7.11 Å². The van der Waals surface area contributed by atoms with Gasteiger partial charge in [-0.3, -0.25) is 5.32 Å². The van der Waals surface area contributed by atoms with Crippen molar-refractivity contribution in [3.8, 4) is 0 Å². The fraction of sp³-hybridized carbons (Fsp3) is 0.500. The molecule has 0 bridgehead atoms. The zero-order valence-corrected chi connectivity index (χ0v) is 19.2. The quantitative estimate of drug-likeness (QED) is 0.239. The number of urea groups is 1. The molecule has 6 nitrogen and oxygen atoms in total. The van der Waals surface area contributed by atoms with E-state index in [9.17, 15) is 4.79 Å². The number of carbonyl (C=O) groups is 1. The van der Waals surface area contributed by atoms with E-state index < -0.39 is 0 Å². The Morgan fingerprint density at radius 1 is 1.30 bits per heavy atom. The molecule has 0 fully saturated rings. The van der Waals surface area contributed by atoms with Crippen LogP contribution < -0.4 is 16.0 Å². The summed E-state index contributed by atoms with van der Waals surface area (Å²) in [6.45, 7) is 17.3. The van der Waals surface area contributed by atoms with Crippen molar-refractivity contribution >= 4 is 11.8 Å². The maximum absolute atomic E-state index is 12.5. The lowest BCUT2D eigenvalue weighted by Gasteiger charge is -2.18. The van der Waals surface area contributed by atoms with Crippen LogP contribution in [-0.4, -0.2) is 30.7 Å². The topological polar surface area (TPSA) is 75.3 Å². The van der Waals surface area contributed by atoms with Gasteiger partial charge in [0, 0.05) is 12.2 Å². The summed E-state index contributed by atoms with van der Waals surface area (Å²) in [7, 11) is 1.52. The molecule has 3 N–H and O–H groups in total. The zero-order valence-electron chi connectivity index (χ0n) is 19.2. The van der Waals surface area contributed by atoms with Gasteiger partial charge < -0.3 is 15.4 Å². The Labute approximate surface area is 181 Å². The number of rotatable bonds is 13. The Morgan fingerprint density at radius 3 is 2.63 bits per heavy atom. The molecule has 0 aliphatic heterocycles. The van der Waals surface area contributed by atoms with Gasteiger partial charge in [-0.05, 0) is 63.3 Å². The van der Waals surface area contributed by atoms with Gasteiger partial charge in [0.05, 0.1) is 12.8 Å². The predicted molar refractivity (Wildman–Crippen MR) is 126 cm³/mol. The summed E-state index contributed by atoms with van der Waals surface area (Å²) in [5.41, 5.74) is 3.89. The minimum Gasteiger partial charge on any atom is -0.495 e. The number of carbonyl (C=O) groups excluding carboxylic acids is 1. The molecule has 1 heterocycles. The van der Waals surface area contributed by atoms with Crippen molar-refractivity contribution in [3.63, 3.8) is 0 Å². The minimum absolute atomic E-state index is 0.375. The first-order valence-electron chi connectivity index (χ1n) is 10.7. The number of nitrogens with one attached hydrogen (secondary N) is 3. The largest absolute Gasteiger partial charge is 0.495 e. The fourth-order valence-electron chi connectivity index (χ4n) is 3.25. The van der Waals surface area contributed by atoms with Gasteiger partial charge in [0.2, 0.25) is 0 Å². The van der Waals surface area contributed by atoms with Crippen LogP contribution in [0.5, 0.6) is 0 Å². The Balaban J connectivity index is 2.92. The highest BCUT2D eigenvalue weighted by molar-refractivity contribution is 5.90. The van der Waals surface area contributed by atoms with Gasteiger partial charge in [0.1, 0.15) is 11.6 Å². The number of methoxy groups -OCH3 is 1. The zero-order chi connectivity index (χ0) is 22.5. The van der Waals surface area contributed by atoms with Crippen LogP contribution in [0.2, 0.25) is 0 Å². The maximum Gasteiger partial charge on any atom is 0.324 e. The third-order valence-electron chi connectivity index (χ3n) is 4.75. The molecular weight excluding hydrogens is 376 g/mol. The summed E-state index contributed by atoms with van der Waals surface area (Å²) in [5, 5.41) is 9.15. The molecule has 1 aromatic rings. The van der Waals surface area contributed by atoms with Gasteiger partial charge in [-0.15, -0.1) is 0 Å². The molecule has 0 aliphatic carbocycles. The van der Waals surface area contributed by atoms with E-state index >= 15 is 0 Å². The van der Waals surface area contributed by atoms with Gasteiger partial charge in [-0.1, -0.05) is 45.1 Å². The number of hydrogen-bond donors (Lipinski definition) is 3. The molecule has 0 spiro atoms. The van der Waals surface area contributed by atoms with E-state index in [4.69, 9.17) is 4.74 Å². The average Bonchev–Trinajstić information content (AvgIpc) is 2.72.